The van der Waals surface area contributed by atoms with Crippen LogP contribution in [-0.4, -0.2) is 15.0 Å². The summed E-state index contributed by atoms with van der Waals surface area (Å²) in [6.45, 7) is 0. The molecule has 0 aliphatic heterocycles. The van der Waals surface area contributed by atoms with Crippen LogP contribution in [0.15, 0.2) is 200 Å². The maximum atomic E-state index is 5.15. The second-order valence-electron chi connectivity index (χ2n) is 13.6. The van der Waals surface area contributed by atoms with E-state index < -0.39 is 5.41 Å². The van der Waals surface area contributed by atoms with Crippen molar-refractivity contribution >= 4 is 10.8 Å². The summed E-state index contributed by atoms with van der Waals surface area (Å²) in [6, 6.07) is 71.1. The summed E-state index contributed by atoms with van der Waals surface area (Å²) in [7, 11) is 0. The molecule has 10 rings (SSSR count). The van der Waals surface area contributed by atoms with Crippen molar-refractivity contribution in [3.63, 3.8) is 0 Å². The molecule has 0 atom stereocenters. The van der Waals surface area contributed by atoms with Crippen molar-refractivity contribution in [2.45, 2.75) is 5.41 Å². The normalized spacial score (nSPS) is 12.7. The van der Waals surface area contributed by atoms with Gasteiger partial charge in [0.05, 0.1) is 5.41 Å². The average Bonchev–Trinajstić information content (AvgIpc) is 3.56. The first-order valence-corrected chi connectivity index (χ1v) is 18.0. The molecule has 1 heterocycles. The van der Waals surface area contributed by atoms with E-state index in [0.717, 1.165) is 22.3 Å². The molecule has 248 valence electrons. The second-order valence-corrected chi connectivity index (χ2v) is 13.6. The van der Waals surface area contributed by atoms with Crippen molar-refractivity contribution < 1.29 is 0 Å². The van der Waals surface area contributed by atoms with E-state index in [0.29, 0.717) is 17.5 Å². The molecule has 0 bridgehead atoms. The Labute approximate surface area is 309 Å². The maximum Gasteiger partial charge on any atom is 0.164 e. The molecule has 0 fully saturated rings. The molecule has 0 N–H and O–H groups in total. The molecule has 1 aliphatic carbocycles. The molecule has 3 heteroatoms. The van der Waals surface area contributed by atoms with E-state index in [4.69, 9.17) is 15.0 Å². The number of benzene rings is 8. The highest BCUT2D eigenvalue weighted by Gasteiger charge is 2.46. The predicted molar refractivity (Wildman–Crippen MR) is 216 cm³/mol. The number of hydrogen-bond acceptors (Lipinski definition) is 3. The van der Waals surface area contributed by atoms with Crippen LogP contribution < -0.4 is 0 Å². The first-order chi connectivity index (χ1) is 26.3. The van der Waals surface area contributed by atoms with Gasteiger partial charge in [0, 0.05) is 16.7 Å². The van der Waals surface area contributed by atoms with Gasteiger partial charge in [-0.3, -0.25) is 0 Å². The van der Waals surface area contributed by atoms with Gasteiger partial charge in [0.1, 0.15) is 0 Å². The third-order valence-electron chi connectivity index (χ3n) is 10.6. The summed E-state index contributed by atoms with van der Waals surface area (Å²) >= 11 is 0. The molecule has 0 spiro atoms. The van der Waals surface area contributed by atoms with Gasteiger partial charge in [-0.25, -0.2) is 15.0 Å². The summed E-state index contributed by atoms with van der Waals surface area (Å²) in [5.41, 5.74) is 12.3. The molecule has 0 amide bonds. The van der Waals surface area contributed by atoms with Gasteiger partial charge in [0.15, 0.2) is 17.5 Å². The molecular weight excluding hydrogens is 643 g/mol. The fourth-order valence-electron chi connectivity index (χ4n) is 8.19. The summed E-state index contributed by atoms with van der Waals surface area (Å²) in [4.78, 5) is 15.3. The van der Waals surface area contributed by atoms with Gasteiger partial charge < -0.3 is 0 Å². The minimum absolute atomic E-state index is 0.467. The number of aromatic nitrogens is 3. The zero-order valence-corrected chi connectivity index (χ0v) is 28.9. The molecule has 3 nitrogen and oxygen atoms in total. The Hall–Kier alpha value is -6.97. The highest BCUT2D eigenvalue weighted by Crippen LogP contribution is 2.57. The number of hydrogen-bond donors (Lipinski definition) is 0. The average molecular weight is 676 g/mol. The van der Waals surface area contributed by atoms with Crippen LogP contribution in [0, 0.1) is 0 Å². The molecule has 0 radical (unpaired) electrons. The van der Waals surface area contributed by atoms with Gasteiger partial charge in [-0.05, 0) is 61.3 Å². The maximum absolute atomic E-state index is 5.15. The van der Waals surface area contributed by atoms with E-state index in [1.54, 1.807) is 0 Å². The van der Waals surface area contributed by atoms with Crippen LogP contribution in [-0.2, 0) is 5.41 Å². The van der Waals surface area contributed by atoms with Crippen LogP contribution in [0.2, 0.25) is 0 Å². The van der Waals surface area contributed by atoms with Gasteiger partial charge in [-0.15, -0.1) is 0 Å². The number of nitrogens with zero attached hydrogens (tertiary/aromatic N) is 3. The zero-order chi connectivity index (χ0) is 35.2. The minimum atomic E-state index is -0.467. The Bertz CT molecular complexity index is 2700. The summed E-state index contributed by atoms with van der Waals surface area (Å²) in [5.74, 6) is 1.93. The predicted octanol–water partition coefficient (Wildman–Crippen LogP) is 12.1. The molecule has 8 aromatic carbocycles. The lowest BCUT2D eigenvalue weighted by atomic mass is 9.67. The van der Waals surface area contributed by atoms with Crippen molar-refractivity contribution in [3.05, 3.63) is 222 Å². The minimum Gasteiger partial charge on any atom is -0.208 e. The van der Waals surface area contributed by atoms with Crippen LogP contribution in [0.25, 0.3) is 67.2 Å². The lowest BCUT2D eigenvalue weighted by Crippen LogP contribution is -2.28. The van der Waals surface area contributed by atoms with Gasteiger partial charge in [-0.1, -0.05) is 194 Å². The third kappa shape index (κ3) is 5.09. The van der Waals surface area contributed by atoms with E-state index in [2.05, 4.69) is 176 Å². The Morgan fingerprint density at radius 2 is 0.755 bits per heavy atom. The topological polar surface area (TPSA) is 38.7 Å². The third-order valence-corrected chi connectivity index (χ3v) is 10.6. The standard InChI is InChI=1S/C50H33N3/c1-5-15-34(16-6-1)35-25-28-38(29-26-35)48-51-47(37-17-7-2-8-18-37)52-49(53-48)39-30-27-36-31-32-45-46(43(36)33-39)42-23-13-14-24-44(42)50(45,40-19-9-3-10-20-40)41-21-11-4-12-22-41/h1-33H. The van der Waals surface area contributed by atoms with Gasteiger partial charge >= 0.3 is 0 Å². The molecule has 1 aliphatic rings. The SMILES string of the molecule is c1ccc(-c2ccc(-c3nc(-c4ccccc4)nc(-c4ccc5ccc6c(c5c4)-c4ccccc4C6(c4ccccc4)c4ccccc4)n3)cc2)cc1. The lowest BCUT2D eigenvalue weighted by molar-refractivity contribution is 0.769. The Morgan fingerprint density at radius 3 is 1.38 bits per heavy atom. The second kappa shape index (κ2) is 12.7. The van der Waals surface area contributed by atoms with Crippen LogP contribution in [0.1, 0.15) is 22.3 Å². The highest BCUT2D eigenvalue weighted by molar-refractivity contribution is 6.05. The smallest absolute Gasteiger partial charge is 0.164 e. The first kappa shape index (κ1) is 30.8. The van der Waals surface area contributed by atoms with Crippen molar-refractivity contribution in [1.82, 2.24) is 15.0 Å². The molecule has 1 aromatic heterocycles. The van der Waals surface area contributed by atoms with E-state index >= 15 is 0 Å². The van der Waals surface area contributed by atoms with E-state index in [-0.39, 0.29) is 0 Å². The molecule has 0 saturated carbocycles. The zero-order valence-electron chi connectivity index (χ0n) is 28.9. The quantitative estimate of drug-likeness (QED) is 0.176. The molecular formula is C50H33N3. The van der Waals surface area contributed by atoms with Crippen LogP contribution in [0.4, 0.5) is 0 Å². The van der Waals surface area contributed by atoms with Crippen LogP contribution in [0.5, 0.6) is 0 Å². The summed E-state index contributed by atoms with van der Waals surface area (Å²) in [5, 5.41) is 2.35. The van der Waals surface area contributed by atoms with Crippen LogP contribution >= 0.6 is 0 Å². The Morgan fingerprint density at radius 1 is 0.321 bits per heavy atom. The molecule has 0 saturated heterocycles. The van der Waals surface area contributed by atoms with E-state index in [1.807, 2.05) is 24.3 Å². The van der Waals surface area contributed by atoms with Crippen LogP contribution in [0.3, 0.4) is 0 Å². The molecule has 9 aromatic rings. The lowest BCUT2D eigenvalue weighted by Gasteiger charge is -2.33. The van der Waals surface area contributed by atoms with Gasteiger partial charge in [-0.2, -0.15) is 0 Å². The molecule has 53 heavy (non-hydrogen) atoms. The summed E-state index contributed by atoms with van der Waals surface area (Å²) < 4.78 is 0. The van der Waals surface area contributed by atoms with Crippen molar-refractivity contribution in [1.29, 1.82) is 0 Å². The molecule has 0 unspecified atom stereocenters. The summed E-state index contributed by atoms with van der Waals surface area (Å²) in [6.07, 6.45) is 0. The largest absolute Gasteiger partial charge is 0.208 e. The first-order valence-electron chi connectivity index (χ1n) is 18.0. The fourth-order valence-corrected chi connectivity index (χ4v) is 8.19. The Balaban J connectivity index is 1.18. The van der Waals surface area contributed by atoms with Crippen molar-refractivity contribution in [2.75, 3.05) is 0 Å². The highest BCUT2D eigenvalue weighted by atomic mass is 15.0. The monoisotopic (exact) mass is 675 g/mol. The Kier molecular flexibility index (Phi) is 7.36. The van der Waals surface area contributed by atoms with E-state index in [1.165, 1.54) is 49.7 Å². The number of fused-ring (bicyclic) bond motifs is 5. The van der Waals surface area contributed by atoms with E-state index in [9.17, 15) is 0 Å². The van der Waals surface area contributed by atoms with Gasteiger partial charge in [0.25, 0.3) is 0 Å². The van der Waals surface area contributed by atoms with Gasteiger partial charge in [0.2, 0.25) is 0 Å². The fraction of sp³-hybridized carbons (Fsp3) is 0.0200. The van der Waals surface area contributed by atoms with Crippen molar-refractivity contribution in [3.8, 4) is 56.4 Å². The number of rotatable bonds is 6. The van der Waals surface area contributed by atoms with Crippen molar-refractivity contribution in [2.24, 2.45) is 0 Å².